The fourth-order valence-electron chi connectivity index (χ4n) is 3.08. The number of hydrogen-bond acceptors (Lipinski definition) is 4. The van der Waals surface area contributed by atoms with Crippen molar-refractivity contribution in [3.05, 3.63) is 70.1 Å². The van der Waals surface area contributed by atoms with Crippen LogP contribution in [0.5, 0.6) is 5.75 Å². The van der Waals surface area contributed by atoms with Crippen LogP contribution in [0, 0.1) is 12.7 Å². The van der Waals surface area contributed by atoms with Crippen molar-refractivity contribution < 1.29 is 23.8 Å². The van der Waals surface area contributed by atoms with Crippen LogP contribution in [0.15, 0.2) is 48.2 Å². The highest BCUT2D eigenvalue weighted by atomic mass is 35.5. The zero-order valence-corrected chi connectivity index (χ0v) is 16.4. The quantitative estimate of drug-likeness (QED) is 0.671. The topological polar surface area (TPSA) is 87.7 Å². The molecule has 0 aromatic heterocycles. The van der Waals surface area contributed by atoms with E-state index in [-0.39, 0.29) is 25.5 Å². The van der Waals surface area contributed by atoms with Gasteiger partial charge in [-0.3, -0.25) is 9.59 Å². The molecule has 152 valence electrons. The molecule has 29 heavy (non-hydrogen) atoms. The summed E-state index contributed by atoms with van der Waals surface area (Å²) in [6, 6.07) is 8.96. The smallest absolute Gasteiger partial charge is 0.253 e. The fraction of sp³-hybridized carbons (Fsp3) is 0.238. The number of anilines is 1. The van der Waals surface area contributed by atoms with Gasteiger partial charge in [-0.2, -0.15) is 0 Å². The summed E-state index contributed by atoms with van der Waals surface area (Å²) in [6.07, 6.45) is 1.46. The van der Waals surface area contributed by atoms with Gasteiger partial charge in [-0.25, -0.2) is 4.39 Å². The average molecular weight is 419 g/mol. The first-order chi connectivity index (χ1) is 13.9. The maximum atomic E-state index is 13.3. The van der Waals surface area contributed by atoms with Crippen LogP contribution >= 0.6 is 11.6 Å². The average Bonchev–Trinajstić information content (AvgIpc) is 2.69. The predicted octanol–water partition coefficient (Wildman–Crippen LogP) is 3.28. The first kappa shape index (κ1) is 20.8. The summed E-state index contributed by atoms with van der Waals surface area (Å²) in [5.74, 6) is -1.18. The number of halogens is 2. The number of carbonyl (C=O) groups excluding carboxylic acids is 2. The van der Waals surface area contributed by atoms with Crippen molar-refractivity contribution in [1.29, 1.82) is 0 Å². The van der Waals surface area contributed by atoms with Gasteiger partial charge < -0.3 is 20.5 Å². The minimum absolute atomic E-state index is 0.0694. The van der Waals surface area contributed by atoms with Gasteiger partial charge >= 0.3 is 0 Å². The monoisotopic (exact) mass is 418 g/mol. The summed E-state index contributed by atoms with van der Waals surface area (Å²) >= 11 is 6.15. The van der Waals surface area contributed by atoms with Gasteiger partial charge in [0.1, 0.15) is 18.2 Å². The van der Waals surface area contributed by atoms with E-state index < -0.39 is 17.6 Å². The van der Waals surface area contributed by atoms with Gasteiger partial charge in [0, 0.05) is 35.9 Å². The van der Waals surface area contributed by atoms with Gasteiger partial charge in [-0.15, -0.1) is 0 Å². The molecule has 6 nitrogen and oxygen atoms in total. The SMILES string of the molecule is Cc1cc(Cl)c(OCCO)cc1NC(=O)C1=CNC(=O)C[C@H]1c1ccc(F)cc1. The molecule has 2 aromatic carbocycles. The van der Waals surface area contributed by atoms with E-state index in [9.17, 15) is 14.0 Å². The Balaban J connectivity index is 1.86. The second-order valence-electron chi connectivity index (χ2n) is 6.60. The van der Waals surface area contributed by atoms with Crippen LogP contribution in [0.3, 0.4) is 0 Å². The number of amides is 2. The maximum Gasteiger partial charge on any atom is 0.253 e. The van der Waals surface area contributed by atoms with Crippen molar-refractivity contribution >= 4 is 29.1 Å². The lowest BCUT2D eigenvalue weighted by atomic mass is 9.86. The Morgan fingerprint density at radius 1 is 1.34 bits per heavy atom. The number of aryl methyl sites for hydroxylation is 1. The maximum absolute atomic E-state index is 13.3. The molecule has 0 saturated carbocycles. The highest BCUT2D eigenvalue weighted by Crippen LogP contribution is 2.34. The number of aliphatic hydroxyl groups excluding tert-OH is 1. The molecule has 0 spiro atoms. The molecule has 1 atom stereocenters. The lowest BCUT2D eigenvalue weighted by Crippen LogP contribution is -2.32. The molecule has 2 amide bonds. The molecule has 0 radical (unpaired) electrons. The zero-order valence-electron chi connectivity index (χ0n) is 15.7. The molecular formula is C21H20ClFN2O4. The number of nitrogens with one attached hydrogen (secondary N) is 2. The third-order valence-electron chi connectivity index (χ3n) is 4.56. The lowest BCUT2D eigenvalue weighted by Gasteiger charge is -2.24. The Labute approximate surface area is 172 Å². The normalized spacial score (nSPS) is 16.1. The van der Waals surface area contributed by atoms with Gasteiger partial charge in [0.25, 0.3) is 5.91 Å². The number of ether oxygens (including phenoxy) is 1. The van der Waals surface area contributed by atoms with Crippen LogP contribution < -0.4 is 15.4 Å². The Bertz CT molecular complexity index is 960. The highest BCUT2D eigenvalue weighted by molar-refractivity contribution is 6.32. The van der Waals surface area contributed by atoms with Crippen molar-refractivity contribution in [2.75, 3.05) is 18.5 Å². The number of aliphatic hydroxyl groups is 1. The van der Waals surface area contributed by atoms with E-state index in [0.29, 0.717) is 27.6 Å². The van der Waals surface area contributed by atoms with Crippen LogP contribution in [-0.4, -0.2) is 30.1 Å². The van der Waals surface area contributed by atoms with E-state index in [2.05, 4.69) is 10.6 Å². The number of hydrogen-bond donors (Lipinski definition) is 3. The Hall–Kier alpha value is -2.90. The van der Waals surface area contributed by atoms with Crippen molar-refractivity contribution in [2.45, 2.75) is 19.3 Å². The van der Waals surface area contributed by atoms with E-state index >= 15 is 0 Å². The molecule has 2 aromatic rings. The highest BCUT2D eigenvalue weighted by Gasteiger charge is 2.29. The first-order valence-electron chi connectivity index (χ1n) is 8.99. The largest absolute Gasteiger partial charge is 0.490 e. The van der Waals surface area contributed by atoms with Gasteiger partial charge in [0.05, 0.1) is 11.6 Å². The molecule has 0 fully saturated rings. The Kier molecular flexibility index (Phi) is 6.51. The van der Waals surface area contributed by atoms with Crippen LogP contribution in [0.4, 0.5) is 10.1 Å². The van der Waals surface area contributed by atoms with Gasteiger partial charge in [-0.05, 0) is 36.2 Å². The van der Waals surface area contributed by atoms with Gasteiger partial charge in [0.15, 0.2) is 0 Å². The summed E-state index contributed by atoms with van der Waals surface area (Å²) in [5.41, 5.74) is 2.23. The summed E-state index contributed by atoms with van der Waals surface area (Å²) in [7, 11) is 0. The third-order valence-corrected chi connectivity index (χ3v) is 4.86. The zero-order chi connectivity index (χ0) is 21.0. The minimum Gasteiger partial charge on any atom is -0.490 e. The first-order valence-corrected chi connectivity index (χ1v) is 9.37. The summed E-state index contributed by atoms with van der Waals surface area (Å²) in [4.78, 5) is 24.8. The lowest BCUT2D eigenvalue weighted by molar-refractivity contribution is -0.121. The van der Waals surface area contributed by atoms with E-state index in [0.717, 1.165) is 5.56 Å². The summed E-state index contributed by atoms with van der Waals surface area (Å²) in [6.45, 7) is 1.68. The molecule has 1 heterocycles. The van der Waals surface area contributed by atoms with Crippen molar-refractivity contribution in [3.63, 3.8) is 0 Å². The van der Waals surface area contributed by atoms with Crippen molar-refractivity contribution in [3.8, 4) is 5.75 Å². The van der Waals surface area contributed by atoms with Crippen molar-refractivity contribution in [2.24, 2.45) is 0 Å². The van der Waals surface area contributed by atoms with E-state index in [4.69, 9.17) is 21.4 Å². The molecule has 1 aliphatic rings. The van der Waals surface area contributed by atoms with E-state index in [1.165, 1.54) is 18.3 Å². The van der Waals surface area contributed by atoms with Crippen LogP contribution in [0.1, 0.15) is 23.5 Å². The molecule has 1 aliphatic heterocycles. The predicted molar refractivity (Wildman–Crippen MR) is 107 cm³/mol. The second-order valence-corrected chi connectivity index (χ2v) is 7.01. The fourth-order valence-corrected chi connectivity index (χ4v) is 3.35. The molecule has 0 saturated heterocycles. The van der Waals surface area contributed by atoms with Gasteiger partial charge in [-0.1, -0.05) is 23.7 Å². The van der Waals surface area contributed by atoms with Crippen LogP contribution in [-0.2, 0) is 9.59 Å². The molecular weight excluding hydrogens is 399 g/mol. The second kappa shape index (κ2) is 9.07. The molecule has 3 rings (SSSR count). The minimum atomic E-state index is -0.498. The Morgan fingerprint density at radius 3 is 2.76 bits per heavy atom. The molecule has 0 unspecified atom stereocenters. The standard InChI is InChI=1S/C21H20ClFN2O4/c1-12-8-17(22)19(29-7-6-26)10-18(12)25-21(28)16-11-24-20(27)9-15(16)13-2-4-14(23)5-3-13/h2-5,8,10-11,15,26H,6-7,9H2,1H3,(H,24,27)(H,25,28)/t15-/m0/s1. The Morgan fingerprint density at radius 2 is 2.07 bits per heavy atom. The molecule has 0 aliphatic carbocycles. The molecule has 0 bridgehead atoms. The summed E-state index contributed by atoms with van der Waals surface area (Å²) in [5, 5.41) is 14.7. The van der Waals surface area contributed by atoms with Crippen molar-refractivity contribution in [1.82, 2.24) is 5.32 Å². The van der Waals surface area contributed by atoms with Crippen LogP contribution in [0.2, 0.25) is 5.02 Å². The third kappa shape index (κ3) is 4.93. The summed E-state index contributed by atoms with van der Waals surface area (Å²) < 4.78 is 18.6. The number of benzene rings is 2. The molecule has 3 N–H and O–H groups in total. The van der Waals surface area contributed by atoms with E-state index in [1.54, 1.807) is 31.2 Å². The van der Waals surface area contributed by atoms with E-state index in [1.807, 2.05) is 0 Å². The van der Waals surface area contributed by atoms with Gasteiger partial charge in [0.2, 0.25) is 5.91 Å². The van der Waals surface area contributed by atoms with Crippen LogP contribution in [0.25, 0.3) is 0 Å². The number of rotatable bonds is 6. The molecule has 8 heteroatoms. The number of carbonyl (C=O) groups is 2.